The summed E-state index contributed by atoms with van der Waals surface area (Å²) < 4.78 is 6.37. The molecule has 1 fully saturated rings. The topological polar surface area (TPSA) is 45.7 Å². The fourth-order valence-electron chi connectivity index (χ4n) is 3.17. The Hall–Kier alpha value is -2.60. The van der Waals surface area contributed by atoms with Gasteiger partial charge in [0.15, 0.2) is 5.13 Å². The van der Waals surface area contributed by atoms with Gasteiger partial charge >= 0.3 is 0 Å². The number of amides is 1. The van der Waals surface area contributed by atoms with E-state index in [1.54, 1.807) is 18.4 Å². The number of piperazine rings is 1. The number of rotatable bonds is 3. The van der Waals surface area contributed by atoms with Crippen molar-refractivity contribution >= 4 is 32.6 Å². The summed E-state index contributed by atoms with van der Waals surface area (Å²) in [5.41, 5.74) is 3.00. The summed E-state index contributed by atoms with van der Waals surface area (Å²) in [6, 6.07) is 13.7. The molecule has 1 aliphatic heterocycles. The normalized spacial score (nSPS) is 14.7. The number of fused-ring (bicyclic) bond motifs is 1. The van der Waals surface area contributed by atoms with Crippen LogP contribution in [0, 0.1) is 6.92 Å². The van der Waals surface area contributed by atoms with Crippen LogP contribution < -0.4 is 9.64 Å². The predicted octanol–water partition coefficient (Wildman–Crippen LogP) is 3.58. The van der Waals surface area contributed by atoms with E-state index >= 15 is 0 Å². The quantitative estimate of drug-likeness (QED) is 0.710. The Balaban J connectivity index is 1.43. The number of hydrogen-bond acceptors (Lipinski definition) is 5. The first-order valence-electron chi connectivity index (χ1n) is 8.69. The Morgan fingerprint density at radius 3 is 2.50 bits per heavy atom. The van der Waals surface area contributed by atoms with E-state index in [9.17, 15) is 4.79 Å². The van der Waals surface area contributed by atoms with Crippen molar-refractivity contribution in [3.63, 3.8) is 0 Å². The molecule has 2 heterocycles. The zero-order valence-electron chi connectivity index (χ0n) is 14.9. The summed E-state index contributed by atoms with van der Waals surface area (Å²) in [6.07, 6.45) is 0. The highest BCUT2D eigenvalue weighted by Crippen LogP contribution is 2.30. The Kier molecular flexibility index (Phi) is 4.51. The average molecular weight is 367 g/mol. The standard InChI is InChI=1S/C20H21N3O2S/c1-14-3-8-17-18(13-14)26-20(21-17)23-11-9-22(10-12-23)19(24)15-4-6-16(25-2)7-5-15/h3-8,13H,9-12H2,1-2H3. The van der Waals surface area contributed by atoms with Crippen LogP contribution in [0.4, 0.5) is 5.13 Å². The molecule has 1 aromatic heterocycles. The van der Waals surface area contributed by atoms with Gasteiger partial charge in [-0.05, 0) is 48.9 Å². The molecule has 3 aromatic rings. The summed E-state index contributed by atoms with van der Waals surface area (Å²) >= 11 is 1.73. The summed E-state index contributed by atoms with van der Waals surface area (Å²) in [6.45, 7) is 5.13. The van der Waals surface area contributed by atoms with Crippen molar-refractivity contribution < 1.29 is 9.53 Å². The monoisotopic (exact) mass is 367 g/mol. The number of benzene rings is 2. The van der Waals surface area contributed by atoms with Gasteiger partial charge in [-0.1, -0.05) is 17.4 Å². The number of aromatic nitrogens is 1. The molecule has 6 heteroatoms. The number of carbonyl (C=O) groups excluding carboxylic acids is 1. The molecule has 0 bridgehead atoms. The molecule has 0 radical (unpaired) electrons. The first kappa shape index (κ1) is 16.8. The highest BCUT2D eigenvalue weighted by Gasteiger charge is 2.24. The molecular weight excluding hydrogens is 346 g/mol. The maximum Gasteiger partial charge on any atom is 0.253 e. The van der Waals surface area contributed by atoms with Gasteiger partial charge in [0.1, 0.15) is 5.75 Å². The molecular formula is C20H21N3O2S. The van der Waals surface area contributed by atoms with Crippen LogP contribution in [0.25, 0.3) is 10.2 Å². The molecule has 0 aliphatic carbocycles. The molecule has 1 amide bonds. The first-order chi connectivity index (χ1) is 12.6. The number of methoxy groups -OCH3 is 1. The molecule has 0 spiro atoms. The van der Waals surface area contributed by atoms with Gasteiger partial charge in [0, 0.05) is 31.7 Å². The molecule has 0 saturated carbocycles. The van der Waals surface area contributed by atoms with E-state index in [4.69, 9.17) is 9.72 Å². The molecule has 0 atom stereocenters. The van der Waals surface area contributed by atoms with Gasteiger partial charge in [0.05, 0.1) is 17.3 Å². The minimum Gasteiger partial charge on any atom is -0.497 e. The lowest BCUT2D eigenvalue weighted by atomic mass is 10.1. The van der Waals surface area contributed by atoms with Crippen molar-refractivity contribution in [1.82, 2.24) is 9.88 Å². The van der Waals surface area contributed by atoms with Crippen molar-refractivity contribution in [3.8, 4) is 5.75 Å². The van der Waals surface area contributed by atoms with Crippen LogP contribution in [0.5, 0.6) is 5.75 Å². The SMILES string of the molecule is COc1ccc(C(=O)N2CCN(c3nc4ccc(C)cc4s3)CC2)cc1. The summed E-state index contributed by atoms with van der Waals surface area (Å²) in [5, 5.41) is 1.04. The molecule has 1 saturated heterocycles. The van der Waals surface area contributed by atoms with E-state index in [1.165, 1.54) is 10.3 Å². The van der Waals surface area contributed by atoms with Crippen molar-refractivity contribution in [3.05, 3.63) is 53.6 Å². The third-order valence-electron chi connectivity index (χ3n) is 4.71. The Morgan fingerprint density at radius 2 is 1.81 bits per heavy atom. The maximum absolute atomic E-state index is 12.7. The van der Waals surface area contributed by atoms with Gasteiger partial charge in [-0.15, -0.1) is 0 Å². The number of aryl methyl sites for hydroxylation is 1. The second-order valence-corrected chi connectivity index (χ2v) is 7.48. The van der Waals surface area contributed by atoms with Crippen LogP contribution in [0.3, 0.4) is 0 Å². The van der Waals surface area contributed by atoms with E-state index in [-0.39, 0.29) is 5.91 Å². The van der Waals surface area contributed by atoms with E-state index < -0.39 is 0 Å². The molecule has 134 valence electrons. The van der Waals surface area contributed by atoms with Gasteiger partial charge in [0.25, 0.3) is 5.91 Å². The predicted molar refractivity (Wildman–Crippen MR) is 105 cm³/mol. The van der Waals surface area contributed by atoms with Crippen LogP contribution in [0.2, 0.25) is 0 Å². The van der Waals surface area contributed by atoms with Gasteiger partial charge in [-0.25, -0.2) is 4.98 Å². The average Bonchev–Trinajstić information content (AvgIpc) is 3.11. The third-order valence-corrected chi connectivity index (χ3v) is 5.79. The lowest BCUT2D eigenvalue weighted by Gasteiger charge is -2.34. The van der Waals surface area contributed by atoms with Crippen molar-refractivity contribution in [2.75, 3.05) is 38.2 Å². The number of thiazole rings is 1. The molecule has 2 aromatic carbocycles. The second kappa shape index (κ2) is 6.96. The van der Waals surface area contributed by atoms with E-state index in [1.807, 2.05) is 29.2 Å². The van der Waals surface area contributed by atoms with Gasteiger partial charge in [0.2, 0.25) is 0 Å². The van der Waals surface area contributed by atoms with Crippen LogP contribution in [0.15, 0.2) is 42.5 Å². The Labute approximate surface area is 156 Å². The second-order valence-electron chi connectivity index (χ2n) is 6.48. The van der Waals surface area contributed by atoms with Crippen LogP contribution in [-0.4, -0.2) is 49.1 Å². The summed E-state index contributed by atoms with van der Waals surface area (Å²) in [5.74, 6) is 0.838. The van der Waals surface area contributed by atoms with Gasteiger partial charge in [-0.3, -0.25) is 4.79 Å². The zero-order chi connectivity index (χ0) is 18.1. The number of anilines is 1. The highest BCUT2D eigenvalue weighted by molar-refractivity contribution is 7.22. The van der Waals surface area contributed by atoms with E-state index in [0.29, 0.717) is 18.7 Å². The Bertz CT molecular complexity index is 928. The minimum atomic E-state index is 0.0761. The number of hydrogen-bond donors (Lipinski definition) is 0. The smallest absolute Gasteiger partial charge is 0.253 e. The number of carbonyl (C=O) groups is 1. The minimum absolute atomic E-state index is 0.0761. The summed E-state index contributed by atoms with van der Waals surface area (Å²) in [7, 11) is 1.62. The summed E-state index contributed by atoms with van der Waals surface area (Å²) in [4.78, 5) is 21.6. The molecule has 0 unspecified atom stereocenters. The molecule has 0 N–H and O–H groups in total. The fraction of sp³-hybridized carbons (Fsp3) is 0.300. The Morgan fingerprint density at radius 1 is 1.08 bits per heavy atom. The number of ether oxygens (including phenoxy) is 1. The van der Waals surface area contributed by atoms with Crippen molar-refractivity contribution in [2.45, 2.75) is 6.92 Å². The fourth-order valence-corrected chi connectivity index (χ4v) is 4.29. The lowest BCUT2D eigenvalue weighted by molar-refractivity contribution is 0.0746. The van der Waals surface area contributed by atoms with Crippen molar-refractivity contribution in [1.29, 1.82) is 0 Å². The molecule has 26 heavy (non-hydrogen) atoms. The largest absolute Gasteiger partial charge is 0.497 e. The van der Waals surface area contributed by atoms with Gasteiger partial charge < -0.3 is 14.5 Å². The van der Waals surface area contributed by atoms with E-state index in [0.717, 1.165) is 29.5 Å². The first-order valence-corrected chi connectivity index (χ1v) is 9.51. The zero-order valence-corrected chi connectivity index (χ0v) is 15.8. The third kappa shape index (κ3) is 3.24. The van der Waals surface area contributed by atoms with Crippen LogP contribution >= 0.6 is 11.3 Å². The van der Waals surface area contributed by atoms with Crippen LogP contribution in [-0.2, 0) is 0 Å². The molecule has 5 nitrogen and oxygen atoms in total. The lowest BCUT2D eigenvalue weighted by Crippen LogP contribution is -2.48. The van der Waals surface area contributed by atoms with E-state index in [2.05, 4.69) is 30.0 Å². The molecule has 4 rings (SSSR count). The highest BCUT2D eigenvalue weighted by atomic mass is 32.1. The van der Waals surface area contributed by atoms with Crippen LogP contribution in [0.1, 0.15) is 15.9 Å². The number of nitrogens with zero attached hydrogens (tertiary/aromatic N) is 3. The van der Waals surface area contributed by atoms with Crippen molar-refractivity contribution in [2.24, 2.45) is 0 Å². The maximum atomic E-state index is 12.7. The van der Waals surface area contributed by atoms with Gasteiger partial charge in [-0.2, -0.15) is 0 Å². The molecule has 1 aliphatic rings.